The molecule has 1 aliphatic heterocycles. The summed E-state index contributed by atoms with van der Waals surface area (Å²) in [6.45, 7) is 3.87. The molecule has 3 nitrogen and oxygen atoms in total. The largest absolute Gasteiger partial charge is 0.308 e. The summed E-state index contributed by atoms with van der Waals surface area (Å²) in [5, 5.41) is 4.10. The molecule has 1 aromatic heterocycles. The molecule has 0 bridgehead atoms. The molecule has 0 saturated carbocycles. The molecule has 0 aliphatic carbocycles. The predicted octanol–water partition coefficient (Wildman–Crippen LogP) is 3.09. The summed E-state index contributed by atoms with van der Waals surface area (Å²) in [6, 6.07) is 7.35. The fraction of sp³-hybridized carbons (Fsp3) is 0.471. The summed E-state index contributed by atoms with van der Waals surface area (Å²) < 4.78 is 27.1. The predicted molar refractivity (Wildman–Crippen MR) is 83.6 cm³/mol. The van der Waals surface area contributed by atoms with Gasteiger partial charge in [-0.15, -0.1) is 0 Å². The molecule has 2 aromatic rings. The third-order valence-electron chi connectivity index (χ3n) is 4.59. The maximum atomic E-state index is 13.8. The molecule has 1 N–H and O–H groups in total. The molecule has 118 valence electrons. The summed E-state index contributed by atoms with van der Waals surface area (Å²) in [4.78, 5) is 6.62. The number of fused-ring (bicyclic) bond motifs is 1. The van der Waals surface area contributed by atoms with E-state index in [4.69, 9.17) is 0 Å². The van der Waals surface area contributed by atoms with Gasteiger partial charge in [-0.25, -0.2) is 13.8 Å². The molecule has 0 amide bonds. The first-order chi connectivity index (χ1) is 10.5. The molecule has 1 aromatic carbocycles. The second kappa shape index (κ2) is 6.26. The highest BCUT2D eigenvalue weighted by atomic mass is 19.2. The number of pyridine rings is 1. The molecule has 0 spiro atoms. The number of nitrogens with one attached hydrogen (secondary N) is 1. The van der Waals surface area contributed by atoms with Crippen molar-refractivity contribution in [2.75, 3.05) is 13.6 Å². The average Bonchev–Trinajstić information content (AvgIpc) is 2.52. The second-order valence-corrected chi connectivity index (χ2v) is 6.17. The van der Waals surface area contributed by atoms with Gasteiger partial charge in [0.25, 0.3) is 0 Å². The maximum absolute atomic E-state index is 13.8. The minimum atomic E-state index is -0.868. The third-order valence-corrected chi connectivity index (χ3v) is 4.59. The smallest absolute Gasteiger partial charge is 0.184 e. The van der Waals surface area contributed by atoms with Crippen LogP contribution in [0.3, 0.4) is 0 Å². The van der Waals surface area contributed by atoms with E-state index in [9.17, 15) is 8.78 Å². The standard InChI is InChI=1S/C17H21F2N3/c1-11-9-13(7-8-22(11)2)20-10-14-5-3-12-4-6-15(18)16(19)17(12)21-14/h3-6,11,13,20H,7-10H2,1-2H3. The number of hydrogen-bond donors (Lipinski definition) is 1. The maximum Gasteiger partial charge on any atom is 0.184 e. The molecule has 3 rings (SSSR count). The van der Waals surface area contributed by atoms with Gasteiger partial charge in [-0.2, -0.15) is 0 Å². The first kappa shape index (κ1) is 15.3. The monoisotopic (exact) mass is 305 g/mol. The first-order valence-electron chi connectivity index (χ1n) is 7.72. The van der Waals surface area contributed by atoms with E-state index in [-0.39, 0.29) is 5.52 Å². The number of likely N-dealkylation sites (tertiary alicyclic amines) is 1. The van der Waals surface area contributed by atoms with Crippen molar-refractivity contribution in [1.29, 1.82) is 0 Å². The molecule has 1 fully saturated rings. The van der Waals surface area contributed by atoms with Gasteiger partial charge in [0.2, 0.25) is 0 Å². The minimum Gasteiger partial charge on any atom is -0.308 e. The van der Waals surface area contributed by atoms with E-state index in [1.165, 1.54) is 0 Å². The molecule has 22 heavy (non-hydrogen) atoms. The molecule has 0 radical (unpaired) electrons. The molecule has 2 heterocycles. The number of benzene rings is 1. The molecule has 5 heteroatoms. The molecule has 1 saturated heterocycles. The Hall–Kier alpha value is -1.59. The summed E-state index contributed by atoms with van der Waals surface area (Å²) in [7, 11) is 2.14. The van der Waals surface area contributed by atoms with Crippen LogP contribution in [0.1, 0.15) is 25.5 Å². The lowest BCUT2D eigenvalue weighted by Gasteiger charge is -2.35. The Labute approximate surface area is 129 Å². The van der Waals surface area contributed by atoms with E-state index in [0.717, 1.165) is 31.1 Å². The van der Waals surface area contributed by atoms with Gasteiger partial charge in [-0.05, 0) is 51.6 Å². The highest BCUT2D eigenvalue weighted by Gasteiger charge is 2.22. The van der Waals surface area contributed by atoms with Crippen LogP contribution in [0.25, 0.3) is 10.9 Å². The highest BCUT2D eigenvalue weighted by Crippen LogP contribution is 2.19. The molecule has 2 unspecified atom stereocenters. The SMILES string of the molecule is CC1CC(NCc2ccc3ccc(F)c(F)c3n2)CCN1C. The summed E-state index contributed by atoms with van der Waals surface area (Å²) in [5.74, 6) is -1.72. The lowest BCUT2D eigenvalue weighted by Crippen LogP contribution is -2.45. The molecule has 1 aliphatic rings. The van der Waals surface area contributed by atoms with Crippen LogP contribution in [0.5, 0.6) is 0 Å². The van der Waals surface area contributed by atoms with E-state index < -0.39 is 11.6 Å². The van der Waals surface area contributed by atoms with Gasteiger partial charge in [-0.3, -0.25) is 0 Å². The Bertz CT molecular complexity index is 674. The van der Waals surface area contributed by atoms with E-state index >= 15 is 0 Å². The van der Waals surface area contributed by atoms with Gasteiger partial charge >= 0.3 is 0 Å². The van der Waals surface area contributed by atoms with Crippen molar-refractivity contribution in [2.45, 2.75) is 38.4 Å². The molecular formula is C17H21F2N3. The number of nitrogens with zero attached hydrogens (tertiary/aromatic N) is 2. The Morgan fingerprint density at radius 3 is 2.82 bits per heavy atom. The zero-order chi connectivity index (χ0) is 15.7. The van der Waals surface area contributed by atoms with Gasteiger partial charge < -0.3 is 10.2 Å². The topological polar surface area (TPSA) is 28.2 Å². The first-order valence-corrected chi connectivity index (χ1v) is 7.72. The number of halogens is 2. The van der Waals surface area contributed by atoms with Crippen molar-refractivity contribution in [3.63, 3.8) is 0 Å². The third kappa shape index (κ3) is 3.10. The van der Waals surface area contributed by atoms with Gasteiger partial charge in [0.1, 0.15) is 5.52 Å². The van der Waals surface area contributed by atoms with Crippen LogP contribution in [0, 0.1) is 11.6 Å². The molecule has 2 atom stereocenters. The summed E-state index contributed by atoms with van der Waals surface area (Å²) >= 11 is 0. The zero-order valence-electron chi connectivity index (χ0n) is 12.9. The highest BCUT2D eigenvalue weighted by molar-refractivity contribution is 5.79. The number of rotatable bonds is 3. The number of aromatic nitrogens is 1. The van der Waals surface area contributed by atoms with Crippen LogP contribution in [-0.4, -0.2) is 35.6 Å². The quantitative estimate of drug-likeness (QED) is 0.944. The van der Waals surface area contributed by atoms with Crippen molar-refractivity contribution < 1.29 is 8.78 Å². The summed E-state index contributed by atoms with van der Waals surface area (Å²) in [5.41, 5.74) is 0.847. The Morgan fingerprint density at radius 1 is 1.27 bits per heavy atom. The molecular weight excluding hydrogens is 284 g/mol. The number of hydrogen-bond acceptors (Lipinski definition) is 3. The van der Waals surface area contributed by atoms with Crippen LogP contribution in [0.15, 0.2) is 24.3 Å². The zero-order valence-corrected chi connectivity index (χ0v) is 12.9. The van der Waals surface area contributed by atoms with Crippen LogP contribution >= 0.6 is 0 Å². The lowest BCUT2D eigenvalue weighted by molar-refractivity contribution is 0.168. The normalized spacial score (nSPS) is 23.1. The lowest BCUT2D eigenvalue weighted by atomic mass is 9.99. The Morgan fingerprint density at radius 2 is 2.05 bits per heavy atom. The van der Waals surface area contributed by atoms with Crippen LogP contribution in [0.2, 0.25) is 0 Å². The average molecular weight is 305 g/mol. The van der Waals surface area contributed by atoms with E-state index in [1.807, 2.05) is 6.07 Å². The van der Waals surface area contributed by atoms with Crippen LogP contribution < -0.4 is 5.32 Å². The Kier molecular flexibility index (Phi) is 4.36. The fourth-order valence-electron chi connectivity index (χ4n) is 2.99. The van der Waals surface area contributed by atoms with Crippen molar-refractivity contribution in [3.05, 3.63) is 41.6 Å². The van der Waals surface area contributed by atoms with Crippen molar-refractivity contribution in [3.8, 4) is 0 Å². The van der Waals surface area contributed by atoms with E-state index in [2.05, 4.69) is 29.2 Å². The summed E-state index contributed by atoms with van der Waals surface area (Å²) in [6.07, 6.45) is 2.19. The van der Waals surface area contributed by atoms with Gasteiger partial charge in [0.05, 0.1) is 5.69 Å². The van der Waals surface area contributed by atoms with E-state index in [1.54, 1.807) is 12.1 Å². The van der Waals surface area contributed by atoms with Gasteiger partial charge in [-0.1, -0.05) is 6.07 Å². The van der Waals surface area contributed by atoms with Crippen molar-refractivity contribution in [1.82, 2.24) is 15.2 Å². The minimum absolute atomic E-state index is 0.107. The van der Waals surface area contributed by atoms with Gasteiger partial charge in [0.15, 0.2) is 11.6 Å². The Balaban J connectivity index is 1.70. The van der Waals surface area contributed by atoms with E-state index in [0.29, 0.717) is 24.0 Å². The van der Waals surface area contributed by atoms with Crippen LogP contribution in [0.4, 0.5) is 8.78 Å². The second-order valence-electron chi connectivity index (χ2n) is 6.17. The van der Waals surface area contributed by atoms with Crippen molar-refractivity contribution in [2.24, 2.45) is 0 Å². The number of piperidine rings is 1. The fourth-order valence-corrected chi connectivity index (χ4v) is 2.99. The van der Waals surface area contributed by atoms with Gasteiger partial charge in [0, 0.05) is 24.0 Å². The van der Waals surface area contributed by atoms with Crippen LogP contribution in [-0.2, 0) is 6.54 Å². The van der Waals surface area contributed by atoms with Crippen molar-refractivity contribution >= 4 is 10.9 Å².